The maximum absolute atomic E-state index is 12.4. The van der Waals surface area contributed by atoms with Gasteiger partial charge in [0, 0.05) is 12.4 Å². The van der Waals surface area contributed by atoms with E-state index in [2.05, 4.69) is 34.1 Å². The number of aryl methyl sites for hydroxylation is 1. The Bertz CT molecular complexity index is 1050. The smallest absolute Gasteiger partial charge is 0.260 e. The molecule has 0 saturated carbocycles. The summed E-state index contributed by atoms with van der Waals surface area (Å²) in [5, 5.41) is 4.67. The van der Waals surface area contributed by atoms with Gasteiger partial charge < -0.3 is 0 Å². The molecule has 0 atom stereocenters. The molecule has 1 N–H and O–H groups in total. The average molecular weight is 302 g/mol. The van der Waals surface area contributed by atoms with Crippen LogP contribution < -0.4 is 5.56 Å². The first kappa shape index (κ1) is 13.5. The van der Waals surface area contributed by atoms with Gasteiger partial charge in [-0.3, -0.25) is 9.78 Å². The normalized spacial score (nSPS) is 11.0. The molecule has 0 aliphatic heterocycles. The third-order valence-electron chi connectivity index (χ3n) is 3.87. The highest BCUT2D eigenvalue weighted by atomic mass is 16.1. The molecule has 23 heavy (non-hydrogen) atoms. The highest BCUT2D eigenvalue weighted by Gasteiger charge is 2.08. The molecule has 0 amide bonds. The van der Waals surface area contributed by atoms with E-state index in [0.717, 1.165) is 11.1 Å². The van der Waals surface area contributed by atoms with E-state index in [1.807, 2.05) is 30.3 Å². The Balaban J connectivity index is 1.91. The lowest BCUT2D eigenvalue weighted by Crippen LogP contribution is -2.13. The van der Waals surface area contributed by atoms with Gasteiger partial charge in [0.15, 0.2) is 0 Å². The zero-order valence-corrected chi connectivity index (χ0v) is 12.5. The Kier molecular flexibility index (Phi) is 3.05. The lowest BCUT2D eigenvalue weighted by Gasteiger charge is -2.07. The zero-order valence-electron chi connectivity index (χ0n) is 12.5. The minimum Gasteiger partial charge on any atom is -0.290 e. The van der Waals surface area contributed by atoms with Gasteiger partial charge in [-0.15, -0.1) is 0 Å². The molecule has 0 bridgehead atoms. The van der Waals surface area contributed by atoms with Crippen LogP contribution in [-0.4, -0.2) is 19.7 Å². The zero-order chi connectivity index (χ0) is 15.8. The van der Waals surface area contributed by atoms with Crippen molar-refractivity contribution in [2.24, 2.45) is 0 Å². The number of H-pyrrole nitrogens is 1. The van der Waals surface area contributed by atoms with E-state index >= 15 is 0 Å². The Morgan fingerprint density at radius 2 is 1.96 bits per heavy atom. The molecule has 0 saturated heterocycles. The summed E-state index contributed by atoms with van der Waals surface area (Å²) in [6.45, 7) is 2.06. The van der Waals surface area contributed by atoms with Crippen molar-refractivity contribution in [1.29, 1.82) is 0 Å². The van der Waals surface area contributed by atoms with Gasteiger partial charge in [0.25, 0.3) is 5.56 Å². The van der Waals surface area contributed by atoms with Crippen LogP contribution in [0.1, 0.15) is 5.56 Å². The summed E-state index contributed by atoms with van der Waals surface area (Å²) in [6, 6.07) is 15.6. The summed E-state index contributed by atoms with van der Waals surface area (Å²) in [4.78, 5) is 19.7. The highest BCUT2D eigenvalue weighted by molar-refractivity contribution is 5.84. The fourth-order valence-electron chi connectivity index (χ4n) is 2.69. The van der Waals surface area contributed by atoms with Crippen LogP contribution in [0.3, 0.4) is 0 Å². The molecule has 0 aliphatic carbocycles. The Morgan fingerprint density at radius 1 is 1.09 bits per heavy atom. The van der Waals surface area contributed by atoms with E-state index in [9.17, 15) is 4.79 Å². The number of aromatic nitrogens is 4. The second kappa shape index (κ2) is 5.21. The predicted octanol–water partition coefficient (Wildman–Crippen LogP) is 3.08. The van der Waals surface area contributed by atoms with Crippen molar-refractivity contribution in [2.45, 2.75) is 6.92 Å². The molecular weight excluding hydrogens is 288 g/mol. The molecule has 2 heterocycles. The first-order valence-electron chi connectivity index (χ1n) is 7.32. The number of fused-ring (bicyclic) bond motifs is 1. The van der Waals surface area contributed by atoms with Crippen LogP contribution in [0.15, 0.2) is 65.7 Å². The summed E-state index contributed by atoms with van der Waals surface area (Å²) in [6.07, 6.45) is 3.39. The molecule has 5 nitrogen and oxygen atoms in total. The largest absolute Gasteiger partial charge is 0.290 e. The SMILES string of the molecule is Cc1ccccc1-c1ccc2nc(-n3cccn3)[nH]c(=O)c2c1. The number of nitrogens with zero attached hydrogens (tertiary/aromatic N) is 3. The van der Waals surface area contributed by atoms with Gasteiger partial charge in [-0.25, -0.2) is 9.67 Å². The van der Waals surface area contributed by atoms with Crippen LogP contribution in [0.4, 0.5) is 0 Å². The number of benzene rings is 2. The fraction of sp³-hybridized carbons (Fsp3) is 0.0556. The van der Waals surface area contributed by atoms with Gasteiger partial charge in [-0.05, 0) is 41.8 Å². The predicted molar refractivity (Wildman–Crippen MR) is 89.7 cm³/mol. The second-order valence-electron chi connectivity index (χ2n) is 5.39. The summed E-state index contributed by atoms with van der Waals surface area (Å²) in [5.74, 6) is 0.413. The monoisotopic (exact) mass is 302 g/mol. The van der Waals surface area contributed by atoms with E-state index in [4.69, 9.17) is 0 Å². The van der Waals surface area contributed by atoms with Gasteiger partial charge in [0.2, 0.25) is 5.95 Å². The van der Waals surface area contributed by atoms with Crippen molar-refractivity contribution in [2.75, 3.05) is 0 Å². The second-order valence-corrected chi connectivity index (χ2v) is 5.39. The van der Waals surface area contributed by atoms with Crippen LogP contribution >= 0.6 is 0 Å². The van der Waals surface area contributed by atoms with E-state index < -0.39 is 0 Å². The number of hydrogen-bond donors (Lipinski definition) is 1. The summed E-state index contributed by atoms with van der Waals surface area (Å²) >= 11 is 0. The molecule has 4 rings (SSSR count). The molecular formula is C18H14N4O. The lowest BCUT2D eigenvalue weighted by atomic mass is 9.99. The molecule has 2 aromatic heterocycles. The summed E-state index contributed by atoms with van der Waals surface area (Å²) in [5.41, 5.74) is 3.77. The molecule has 4 aromatic rings. The minimum absolute atomic E-state index is 0.170. The topological polar surface area (TPSA) is 63.6 Å². The van der Waals surface area contributed by atoms with Crippen LogP contribution in [0.2, 0.25) is 0 Å². The number of rotatable bonds is 2. The molecule has 0 fully saturated rings. The lowest BCUT2D eigenvalue weighted by molar-refractivity contribution is 0.810. The van der Waals surface area contributed by atoms with Crippen LogP contribution in [0, 0.1) is 6.92 Å². The van der Waals surface area contributed by atoms with Crippen molar-refractivity contribution in [1.82, 2.24) is 19.7 Å². The Hall–Kier alpha value is -3.21. The third kappa shape index (κ3) is 2.32. The molecule has 112 valence electrons. The number of nitrogens with one attached hydrogen (secondary N) is 1. The maximum Gasteiger partial charge on any atom is 0.260 e. The first-order valence-corrected chi connectivity index (χ1v) is 7.32. The average Bonchev–Trinajstić information content (AvgIpc) is 3.10. The number of aromatic amines is 1. The molecule has 0 unspecified atom stereocenters. The van der Waals surface area contributed by atoms with Crippen LogP contribution in [-0.2, 0) is 0 Å². The van der Waals surface area contributed by atoms with Crippen molar-refractivity contribution in [3.8, 4) is 17.1 Å². The standard InChI is InChI=1S/C18H14N4O/c1-12-5-2-3-6-14(12)13-7-8-16-15(11-13)17(23)21-18(20-16)22-10-4-9-19-22/h2-11H,1H3,(H,20,21,23). The van der Waals surface area contributed by atoms with Crippen molar-refractivity contribution >= 4 is 10.9 Å². The molecule has 0 aliphatic rings. The Morgan fingerprint density at radius 3 is 2.74 bits per heavy atom. The molecule has 0 radical (unpaired) electrons. The van der Waals surface area contributed by atoms with Crippen molar-refractivity contribution in [3.05, 3.63) is 76.8 Å². The van der Waals surface area contributed by atoms with Crippen molar-refractivity contribution in [3.63, 3.8) is 0 Å². The van der Waals surface area contributed by atoms with Crippen LogP contribution in [0.25, 0.3) is 28.0 Å². The summed E-state index contributed by atoms with van der Waals surface area (Å²) < 4.78 is 1.54. The fourth-order valence-corrected chi connectivity index (χ4v) is 2.69. The van der Waals surface area contributed by atoms with Gasteiger partial charge in [0.1, 0.15) is 0 Å². The van der Waals surface area contributed by atoms with Crippen molar-refractivity contribution < 1.29 is 0 Å². The summed E-state index contributed by atoms with van der Waals surface area (Å²) in [7, 11) is 0. The van der Waals surface area contributed by atoms with E-state index in [1.165, 1.54) is 10.2 Å². The van der Waals surface area contributed by atoms with E-state index in [-0.39, 0.29) is 5.56 Å². The Labute approximate surface area is 132 Å². The quantitative estimate of drug-likeness (QED) is 0.619. The third-order valence-corrected chi connectivity index (χ3v) is 3.87. The van der Waals surface area contributed by atoms with Crippen LogP contribution in [0.5, 0.6) is 0 Å². The minimum atomic E-state index is -0.170. The molecule has 0 spiro atoms. The maximum atomic E-state index is 12.4. The first-order chi connectivity index (χ1) is 11.2. The number of hydrogen-bond acceptors (Lipinski definition) is 3. The van der Waals surface area contributed by atoms with Gasteiger partial charge in [-0.1, -0.05) is 30.3 Å². The molecule has 2 aromatic carbocycles. The van der Waals surface area contributed by atoms with Gasteiger partial charge in [0.05, 0.1) is 10.9 Å². The molecule has 5 heteroatoms. The van der Waals surface area contributed by atoms with Gasteiger partial charge in [-0.2, -0.15) is 5.10 Å². The van der Waals surface area contributed by atoms with Gasteiger partial charge >= 0.3 is 0 Å². The van der Waals surface area contributed by atoms with E-state index in [1.54, 1.807) is 18.5 Å². The van der Waals surface area contributed by atoms with E-state index in [0.29, 0.717) is 16.9 Å². The highest BCUT2D eigenvalue weighted by Crippen LogP contribution is 2.25.